The first-order chi connectivity index (χ1) is 12.7. The van der Waals surface area contributed by atoms with Crippen LogP contribution >= 0.6 is 0 Å². The molecular weight excluding hydrogens is 359 g/mol. The fraction of sp³-hybridized carbons (Fsp3) is 0.105. The van der Waals surface area contributed by atoms with Crippen LogP contribution < -0.4 is 10.6 Å². The summed E-state index contributed by atoms with van der Waals surface area (Å²) >= 11 is 0. The smallest absolute Gasteiger partial charge is 0.360 e. The van der Waals surface area contributed by atoms with E-state index >= 15 is 0 Å². The van der Waals surface area contributed by atoms with Gasteiger partial charge in [-0.3, -0.25) is 9.59 Å². The summed E-state index contributed by atoms with van der Waals surface area (Å²) in [4.78, 5) is 23.5. The summed E-state index contributed by atoms with van der Waals surface area (Å²) in [7, 11) is 0. The number of benzene rings is 2. The first kappa shape index (κ1) is 19.7. The van der Waals surface area contributed by atoms with Gasteiger partial charge in [0.25, 0.3) is 5.91 Å². The minimum atomic E-state index is -4.44. The van der Waals surface area contributed by atoms with Gasteiger partial charge in [0.1, 0.15) is 11.6 Å². The van der Waals surface area contributed by atoms with Crippen molar-refractivity contribution in [1.29, 1.82) is 5.26 Å². The predicted octanol–water partition coefficient (Wildman–Crippen LogP) is 4.37. The predicted molar refractivity (Wildman–Crippen MR) is 93.8 cm³/mol. The Morgan fingerprint density at radius 3 is 2.30 bits per heavy atom. The van der Waals surface area contributed by atoms with Gasteiger partial charge in [0, 0.05) is 23.1 Å². The van der Waals surface area contributed by atoms with Crippen LogP contribution in [0.15, 0.2) is 60.3 Å². The Balaban J connectivity index is 2.09. The first-order valence-electron chi connectivity index (χ1n) is 7.67. The third-order valence-electron chi connectivity index (χ3n) is 3.49. The maximum absolute atomic E-state index is 12.5. The summed E-state index contributed by atoms with van der Waals surface area (Å²) in [5.41, 5.74) is -0.0765. The number of hydrogen-bond donors (Lipinski definition) is 2. The molecule has 0 unspecified atom stereocenters. The summed E-state index contributed by atoms with van der Waals surface area (Å²) in [6, 6.07) is 12.0. The minimum absolute atomic E-state index is 0.175. The lowest BCUT2D eigenvalue weighted by Gasteiger charge is -2.08. The van der Waals surface area contributed by atoms with Gasteiger partial charge >= 0.3 is 6.18 Å². The van der Waals surface area contributed by atoms with Crippen LogP contribution in [0.5, 0.6) is 0 Å². The molecule has 27 heavy (non-hydrogen) atoms. The Labute approximate surface area is 153 Å². The van der Waals surface area contributed by atoms with Crippen molar-refractivity contribution in [3.05, 3.63) is 71.4 Å². The third-order valence-corrected chi connectivity index (χ3v) is 3.49. The normalized spacial score (nSPS) is 11.4. The highest BCUT2D eigenvalue weighted by Crippen LogP contribution is 2.29. The van der Waals surface area contributed by atoms with Crippen LogP contribution in [0, 0.1) is 11.3 Å². The van der Waals surface area contributed by atoms with E-state index in [4.69, 9.17) is 5.26 Å². The van der Waals surface area contributed by atoms with E-state index in [0.717, 1.165) is 18.3 Å². The minimum Gasteiger partial charge on any atom is -0.360 e. The number of anilines is 2. The second-order valence-electron chi connectivity index (χ2n) is 5.48. The van der Waals surface area contributed by atoms with E-state index in [1.54, 1.807) is 24.3 Å². The number of halogens is 3. The SMILES string of the molecule is CC(=O)c1cccc(NC(=O)/C(C#N)=C\Nc2ccc(C(F)(F)F)cc2)c1. The lowest BCUT2D eigenvalue weighted by molar-refractivity contribution is -0.137. The zero-order valence-electron chi connectivity index (χ0n) is 14.1. The topological polar surface area (TPSA) is 82.0 Å². The first-order valence-corrected chi connectivity index (χ1v) is 7.67. The van der Waals surface area contributed by atoms with Crippen LogP contribution in [-0.2, 0) is 11.0 Å². The average Bonchev–Trinajstić information content (AvgIpc) is 2.62. The summed E-state index contributed by atoms with van der Waals surface area (Å²) in [5.74, 6) is -0.899. The van der Waals surface area contributed by atoms with Crippen LogP contribution in [0.1, 0.15) is 22.8 Å². The van der Waals surface area contributed by atoms with Gasteiger partial charge in [0.05, 0.1) is 5.56 Å². The molecule has 0 aliphatic heterocycles. The Kier molecular flexibility index (Phi) is 5.98. The molecule has 0 radical (unpaired) electrons. The van der Waals surface area contributed by atoms with Crippen molar-refractivity contribution in [2.24, 2.45) is 0 Å². The van der Waals surface area contributed by atoms with Gasteiger partial charge < -0.3 is 10.6 Å². The lowest BCUT2D eigenvalue weighted by Crippen LogP contribution is -2.15. The second-order valence-corrected chi connectivity index (χ2v) is 5.48. The Morgan fingerprint density at radius 1 is 1.07 bits per heavy atom. The number of carbonyl (C=O) groups is 2. The number of hydrogen-bond acceptors (Lipinski definition) is 4. The maximum Gasteiger partial charge on any atom is 0.416 e. The molecule has 0 bridgehead atoms. The number of amides is 1. The molecule has 0 saturated carbocycles. The highest BCUT2D eigenvalue weighted by atomic mass is 19.4. The van der Waals surface area contributed by atoms with Crippen molar-refractivity contribution in [2.75, 3.05) is 10.6 Å². The van der Waals surface area contributed by atoms with Crippen molar-refractivity contribution < 1.29 is 22.8 Å². The zero-order chi connectivity index (χ0) is 20.0. The van der Waals surface area contributed by atoms with Gasteiger partial charge in [-0.25, -0.2) is 0 Å². The van der Waals surface area contributed by atoms with Crippen molar-refractivity contribution in [2.45, 2.75) is 13.1 Å². The van der Waals surface area contributed by atoms with Crippen molar-refractivity contribution >= 4 is 23.1 Å². The number of nitriles is 1. The van der Waals surface area contributed by atoms with E-state index in [1.165, 1.54) is 25.1 Å². The highest BCUT2D eigenvalue weighted by Gasteiger charge is 2.29. The summed E-state index contributed by atoms with van der Waals surface area (Å²) < 4.78 is 37.6. The Bertz CT molecular complexity index is 926. The molecule has 138 valence electrons. The number of alkyl halides is 3. The van der Waals surface area contributed by atoms with Crippen molar-refractivity contribution in [3.63, 3.8) is 0 Å². The molecule has 5 nitrogen and oxygen atoms in total. The molecule has 0 atom stereocenters. The van der Waals surface area contributed by atoms with Crippen LogP contribution in [-0.4, -0.2) is 11.7 Å². The van der Waals surface area contributed by atoms with E-state index in [2.05, 4.69) is 10.6 Å². The second kappa shape index (κ2) is 8.19. The molecule has 2 aromatic rings. The van der Waals surface area contributed by atoms with E-state index < -0.39 is 17.6 Å². The summed E-state index contributed by atoms with van der Waals surface area (Å²) in [5, 5.41) is 14.2. The molecule has 0 saturated heterocycles. The van der Waals surface area contributed by atoms with Gasteiger partial charge in [-0.15, -0.1) is 0 Å². The third kappa shape index (κ3) is 5.44. The number of carbonyl (C=O) groups excluding carboxylic acids is 2. The molecule has 0 heterocycles. The highest BCUT2D eigenvalue weighted by molar-refractivity contribution is 6.07. The van der Waals surface area contributed by atoms with E-state index in [1.807, 2.05) is 0 Å². The maximum atomic E-state index is 12.5. The fourth-order valence-corrected chi connectivity index (χ4v) is 2.07. The number of nitrogens with zero attached hydrogens (tertiary/aromatic N) is 1. The van der Waals surface area contributed by atoms with Crippen LogP contribution in [0.25, 0.3) is 0 Å². The molecule has 2 rings (SSSR count). The average molecular weight is 373 g/mol. The number of rotatable bonds is 5. The molecule has 8 heteroatoms. The summed E-state index contributed by atoms with van der Waals surface area (Å²) in [6.07, 6.45) is -3.35. The van der Waals surface area contributed by atoms with E-state index in [-0.39, 0.29) is 17.0 Å². The molecule has 1 amide bonds. The van der Waals surface area contributed by atoms with Crippen molar-refractivity contribution in [1.82, 2.24) is 0 Å². The molecular formula is C19H14F3N3O2. The number of Topliss-reactive ketones (excluding diaryl/α,β-unsaturated/α-hetero) is 1. The molecule has 2 aromatic carbocycles. The molecule has 2 N–H and O–H groups in total. The molecule has 0 aliphatic carbocycles. The lowest BCUT2D eigenvalue weighted by atomic mass is 10.1. The molecule has 0 aliphatic rings. The van der Waals surface area contributed by atoms with Gasteiger partial charge in [-0.05, 0) is 43.3 Å². The van der Waals surface area contributed by atoms with Crippen LogP contribution in [0.4, 0.5) is 24.5 Å². The van der Waals surface area contributed by atoms with Crippen LogP contribution in [0.2, 0.25) is 0 Å². The number of ketones is 1. The quantitative estimate of drug-likeness (QED) is 0.463. The monoisotopic (exact) mass is 373 g/mol. The van der Waals surface area contributed by atoms with E-state index in [0.29, 0.717) is 11.3 Å². The Morgan fingerprint density at radius 2 is 1.74 bits per heavy atom. The Hall–Kier alpha value is -3.60. The van der Waals surface area contributed by atoms with Crippen LogP contribution in [0.3, 0.4) is 0 Å². The van der Waals surface area contributed by atoms with Gasteiger partial charge in [-0.1, -0.05) is 12.1 Å². The van der Waals surface area contributed by atoms with E-state index in [9.17, 15) is 22.8 Å². The molecule has 0 fully saturated rings. The largest absolute Gasteiger partial charge is 0.416 e. The van der Waals surface area contributed by atoms with Gasteiger partial charge in [0.2, 0.25) is 0 Å². The van der Waals surface area contributed by atoms with Gasteiger partial charge in [0.15, 0.2) is 5.78 Å². The molecule has 0 spiro atoms. The van der Waals surface area contributed by atoms with Crippen molar-refractivity contribution in [3.8, 4) is 6.07 Å². The fourth-order valence-electron chi connectivity index (χ4n) is 2.07. The number of nitrogens with one attached hydrogen (secondary N) is 2. The summed E-state index contributed by atoms with van der Waals surface area (Å²) in [6.45, 7) is 1.38. The van der Waals surface area contributed by atoms with Gasteiger partial charge in [-0.2, -0.15) is 18.4 Å². The zero-order valence-corrected chi connectivity index (χ0v) is 14.1. The molecule has 0 aromatic heterocycles. The standard InChI is InChI=1S/C19H14F3N3O2/c1-12(26)13-3-2-4-17(9-13)25-18(27)14(10-23)11-24-16-7-5-15(6-8-16)19(20,21)22/h2-9,11,24H,1H3,(H,25,27)/b14-11-.